The first-order chi connectivity index (χ1) is 18.6. The van der Waals surface area contributed by atoms with Gasteiger partial charge in [0.05, 0.1) is 0 Å². The van der Waals surface area contributed by atoms with Crippen LogP contribution >= 0.6 is 0 Å². The first-order valence-corrected chi connectivity index (χ1v) is 16.8. The van der Waals surface area contributed by atoms with Crippen LogP contribution in [0.15, 0.2) is 49.1 Å². The van der Waals surface area contributed by atoms with E-state index in [9.17, 15) is 9.59 Å². The second-order valence-corrected chi connectivity index (χ2v) is 12.3. The monoisotopic (exact) mass is 746 g/mol. The Hall–Kier alpha value is -2.58. The van der Waals surface area contributed by atoms with Crippen LogP contribution in [0.4, 0.5) is 9.59 Å². The Labute approximate surface area is 247 Å². The first kappa shape index (κ1) is 31.6. The van der Waals surface area contributed by atoms with E-state index < -0.39 is 55.1 Å². The molecule has 38 heavy (non-hydrogen) atoms. The minimum atomic E-state index is -0.501. The second kappa shape index (κ2) is 20.4. The van der Waals surface area contributed by atoms with Crippen molar-refractivity contribution in [1.82, 2.24) is 10.6 Å². The maximum absolute atomic E-state index is 11.5. The summed E-state index contributed by atoms with van der Waals surface area (Å²) in [5.74, 6) is 5.83. The zero-order valence-electron chi connectivity index (χ0n) is 22.0. The predicted molar refractivity (Wildman–Crippen MR) is 136 cm³/mol. The van der Waals surface area contributed by atoms with E-state index >= 15 is 0 Å². The van der Waals surface area contributed by atoms with E-state index in [0.717, 1.165) is 38.5 Å². The van der Waals surface area contributed by atoms with Gasteiger partial charge in [-0.3, -0.25) is 0 Å². The fourth-order valence-corrected chi connectivity index (χ4v) is 5.36. The molecule has 2 amide bonds. The fourth-order valence-electron chi connectivity index (χ4n) is 2.86. The molecule has 0 unspecified atom stereocenters. The Morgan fingerprint density at radius 1 is 0.737 bits per heavy atom. The third-order valence-electron chi connectivity index (χ3n) is 4.99. The Kier molecular flexibility index (Phi) is 17.0. The molecule has 2 aromatic heterocycles. The maximum atomic E-state index is 11.5. The van der Waals surface area contributed by atoms with Gasteiger partial charge < -0.3 is 0 Å². The molecule has 8 nitrogen and oxygen atoms in total. The predicted octanol–water partition coefficient (Wildman–Crippen LogP) is -3.27. The third-order valence-corrected chi connectivity index (χ3v) is 8.64. The number of hydrogen-bond acceptors (Lipinski definition) is 4. The Balaban J connectivity index is 1.64. The summed E-state index contributed by atoms with van der Waals surface area (Å²) in [4.78, 5) is 22.9. The number of hydrogen-bond donors (Lipinski definition) is 2. The zero-order valence-corrected chi connectivity index (χ0v) is 26.3. The third kappa shape index (κ3) is 15.0. The molecule has 2 heterocycles. The number of aromatic nitrogens is 2. The van der Waals surface area contributed by atoms with E-state index in [1.165, 1.54) is 11.1 Å². The Morgan fingerprint density at radius 2 is 1.13 bits per heavy atom. The van der Waals surface area contributed by atoms with Gasteiger partial charge in [0.1, 0.15) is 0 Å². The van der Waals surface area contributed by atoms with Gasteiger partial charge in [0, 0.05) is 0 Å². The van der Waals surface area contributed by atoms with Gasteiger partial charge in [-0.1, -0.05) is 0 Å². The molecule has 0 aliphatic heterocycles. The number of pyridine rings is 2. The summed E-state index contributed by atoms with van der Waals surface area (Å²) in [7, 11) is 0. The summed E-state index contributed by atoms with van der Waals surface area (Å²) in [6.45, 7) is 5.66. The summed E-state index contributed by atoms with van der Waals surface area (Å²) >= 11 is -1.00. The summed E-state index contributed by atoms with van der Waals surface area (Å²) in [6.07, 6.45) is 13.3. The average Bonchev–Trinajstić information content (AvgIpc) is 2.93. The molecule has 0 aliphatic carbocycles. The number of aryl methyl sites for hydroxylation is 2. The molecule has 2 N–H and O–H groups in total. The van der Waals surface area contributed by atoms with Gasteiger partial charge in [-0.25, -0.2) is 0 Å². The van der Waals surface area contributed by atoms with Crippen molar-refractivity contribution >= 4 is 12.2 Å². The van der Waals surface area contributed by atoms with Crippen molar-refractivity contribution in [3.63, 3.8) is 0 Å². The molecule has 10 heteroatoms. The Morgan fingerprint density at radius 3 is 1.50 bits per heavy atom. The Bertz CT molecular complexity index is 1010. The van der Waals surface area contributed by atoms with E-state index in [1.54, 1.807) is 0 Å². The number of carbonyl (C=O) groups excluding carboxylic acids is 2. The molecule has 2 aromatic rings. The van der Waals surface area contributed by atoms with Crippen LogP contribution in [0.3, 0.4) is 0 Å². The molecule has 0 radical (unpaired) electrons. The molecule has 0 fully saturated rings. The second-order valence-electron chi connectivity index (χ2n) is 8.03. The van der Waals surface area contributed by atoms with Crippen LogP contribution < -0.4 is 59.2 Å². The van der Waals surface area contributed by atoms with Crippen molar-refractivity contribution in [2.75, 3.05) is 26.3 Å². The number of halogens is 2. The molecular weight excluding hydrogens is 710 g/mol. The first-order valence-electron chi connectivity index (χ1n) is 12.7. The van der Waals surface area contributed by atoms with Crippen LogP contribution in [0.25, 0.3) is 0 Å². The zero-order chi connectivity index (χ0) is 27.3. The number of carbonyl (C=O) groups is 2. The number of unbranched alkanes of at least 4 members (excludes halogenated alkanes) is 2. The topological polar surface area (TPSA) is 84.4 Å². The van der Waals surface area contributed by atoms with Crippen molar-refractivity contribution in [3.05, 3.63) is 60.2 Å². The SMILES string of the molecule is CCCCNC(=O)OCC#C[I-][n+]1ccc(CCc2cc[n+]([I-]C#CCOC(=O)NCCCC)cc2)cc1. The molecule has 0 aliphatic rings. The minimum absolute atomic E-state index is 0.119. The molecule has 0 bridgehead atoms. The molecular formula is C28H36I2N4O4. The number of ether oxygens (including phenoxy) is 2. The van der Waals surface area contributed by atoms with Crippen LogP contribution in [-0.4, -0.2) is 38.5 Å². The van der Waals surface area contributed by atoms with Gasteiger partial charge in [0.15, 0.2) is 0 Å². The van der Waals surface area contributed by atoms with E-state index in [4.69, 9.17) is 9.47 Å². The fraction of sp³-hybridized carbons (Fsp3) is 0.429. The van der Waals surface area contributed by atoms with Gasteiger partial charge in [-0.05, 0) is 0 Å². The van der Waals surface area contributed by atoms with E-state index in [2.05, 4.69) is 98.8 Å². The molecule has 0 aromatic carbocycles. The molecule has 0 saturated heterocycles. The number of alkyl carbamates (subject to hydrolysis) is 2. The van der Waals surface area contributed by atoms with Gasteiger partial charge in [0.2, 0.25) is 0 Å². The van der Waals surface area contributed by atoms with Gasteiger partial charge in [0.25, 0.3) is 0 Å². The average molecular weight is 746 g/mol. The molecule has 0 saturated carbocycles. The van der Waals surface area contributed by atoms with Crippen molar-refractivity contribution in [2.45, 2.75) is 52.4 Å². The van der Waals surface area contributed by atoms with Crippen LogP contribution in [0.5, 0.6) is 0 Å². The molecule has 206 valence electrons. The number of rotatable bonds is 13. The quantitative estimate of drug-likeness (QED) is 0.128. The summed E-state index contributed by atoms with van der Waals surface area (Å²) in [5, 5.41) is 5.40. The number of amides is 2. The van der Waals surface area contributed by atoms with Crippen molar-refractivity contribution in [3.8, 4) is 19.7 Å². The van der Waals surface area contributed by atoms with Crippen molar-refractivity contribution in [1.29, 1.82) is 0 Å². The molecule has 2 rings (SSSR count). The van der Waals surface area contributed by atoms with Gasteiger partial charge in [-0.2, -0.15) is 0 Å². The summed E-state index contributed by atoms with van der Waals surface area (Å²) in [5.41, 5.74) is 2.55. The number of nitrogens with zero attached hydrogens (tertiary/aromatic N) is 2. The normalized spacial score (nSPS) is 10.1. The molecule has 0 spiro atoms. The standard InChI is InChI=1S/C28H36I2N4O4/c1-3-5-17-31-27(35)37-23-7-15-29-33-19-11-25(12-20-33)9-10-26-13-21-34(22-14-26)30-16-8-24-38-28(36)32-18-6-4-2/h11-14,19-22H,3-6,9-10,17-18,23-24H2,1-2H3,(H,31,35)(H,32,36). The summed E-state index contributed by atoms with van der Waals surface area (Å²) in [6, 6.07) is 8.54. The van der Waals surface area contributed by atoms with Gasteiger partial charge in [-0.15, -0.1) is 0 Å². The van der Waals surface area contributed by atoms with Crippen molar-refractivity contribution in [2.24, 2.45) is 0 Å². The van der Waals surface area contributed by atoms with Gasteiger partial charge >= 0.3 is 249 Å². The van der Waals surface area contributed by atoms with Crippen LogP contribution in [0.1, 0.15) is 50.7 Å². The molecule has 0 atom stereocenters. The van der Waals surface area contributed by atoms with E-state index in [1.807, 2.05) is 0 Å². The van der Waals surface area contributed by atoms with E-state index in [0.29, 0.717) is 13.1 Å². The van der Waals surface area contributed by atoms with Crippen LogP contribution in [0.2, 0.25) is 0 Å². The summed E-state index contributed by atoms with van der Waals surface area (Å²) < 4.78 is 20.5. The van der Waals surface area contributed by atoms with Crippen molar-refractivity contribution < 1.29 is 67.6 Å². The van der Waals surface area contributed by atoms with Crippen LogP contribution in [-0.2, 0) is 22.3 Å². The number of nitrogens with one attached hydrogen (secondary N) is 2. The van der Waals surface area contributed by atoms with Crippen LogP contribution in [0, 0.1) is 19.7 Å². The van der Waals surface area contributed by atoms with E-state index in [-0.39, 0.29) is 13.2 Å².